The second kappa shape index (κ2) is 7.68. The monoisotopic (exact) mass is 382 g/mol. The summed E-state index contributed by atoms with van der Waals surface area (Å²) in [6.07, 6.45) is 0. The number of nitrogens with one attached hydrogen (secondary N) is 1. The highest BCUT2D eigenvalue weighted by Crippen LogP contribution is 2.41. The van der Waals surface area contributed by atoms with Crippen LogP contribution in [0.3, 0.4) is 0 Å². The fourth-order valence-electron chi connectivity index (χ4n) is 3.02. The summed E-state index contributed by atoms with van der Waals surface area (Å²) in [6.45, 7) is 1.77. The van der Waals surface area contributed by atoms with Gasteiger partial charge in [-0.3, -0.25) is 9.79 Å². The van der Waals surface area contributed by atoms with Gasteiger partial charge in [0.05, 0.1) is 24.8 Å². The van der Waals surface area contributed by atoms with Crippen LogP contribution in [-0.4, -0.2) is 18.7 Å². The van der Waals surface area contributed by atoms with Crippen molar-refractivity contribution in [2.24, 2.45) is 10.9 Å². The molecule has 2 atom stereocenters. The Hall–Kier alpha value is -2.69. The zero-order valence-electron chi connectivity index (χ0n) is 14.2. The van der Waals surface area contributed by atoms with E-state index in [0.717, 1.165) is 4.88 Å². The van der Waals surface area contributed by atoms with Gasteiger partial charge in [0.25, 0.3) is 0 Å². The Balaban J connectivity index is 2.00. The number of aliphatic imine (C=N–C) groups is 1. The minimum Gasteiger partial charge on any atom is -0.759 e. The van der Waals surface area contributed by atoms with E-state index in [1.165, 1.54) is 11.3 Å². The molecule has 2 aromatic rings. The Morgan fingerprint density at radius 3 is 2.77 bits per heavy atom. The molecule has 5 nitrogen and oxygen atoms in total. The third kappa shape index (κ3) is 3.34. The number of rotatable bonds is 4. The molecule has 1 amide bonds. The van der Waals surface area contributed by atoms with E-state index in [2.05, 4.69) is 16.4 Å². The van der Waals surface area contributed by atoms with Gasteiger partial charge in [-0.2, -0.15) is 5.26 Å². The third-order valence-electron chi connectivity index (χ3n) is 4.22. The summed E-state index contributed by atoms with van der Waals surface area (Å²) in [4.78, 5) is 18.3. The number of carbonyl (C=O) groups is 1. The molecule has 132 valence electrons. The third-order valence-corrected chi connectivity index (χ3v) is 5.49. The first-order chi connectivity index (χ1) is 12.6. The van der Waals surface area contributed by atoms with Gasteiger partial charge in [0, 0.05) is 22.1 Å². The number of nitriles is 1. The molecule has 0 radical (unpaired) electrons. The first kappa shape index (κ1) is 18.1. The van der Waals surface area contributed by atoms with Gasteiger partial charge in [-0.1, -0.05) is 23.2 Å². The predicted molar refractivity (Wildman–Crippen MR) is 105 cm³/mol. The van der Waals surface area contributed by atoms with Crippen molar-refractivity contribution in [1.82, 2.24) is 0 Å². The quantitative estimate of drug-likeness (QED) is 0.815. The Kier molecular flexibility index (Phi) is 5.35. The van der Waals surface area contributed by atoms with Crippen molar-refractivity contribution >= 4 is 41.3 Å². The lowest BCUT2D eigenvalue weighted by molar-refractivity contribution is -0.118. The van der Waals surface area contributed by atoms with Crippen molar-refractivity contribution in [1.29, 1.82) is 5.26 Å². The molecule has 1 aliphatic heterocycles. The molecule has 0 spiro atoms. The van der Waals surface area contributed by atoms with Crippen LogP contribution in [0.1, 0.15) is 17.7 Å². The number of amides is 1. The van der Waals surface area contributed by atoms with Crippen molar-refractivity contribution in [2.75, 3.05) is 12.4 Å². The Morgan fingerprint density at radius 2 is 2.12 bits per heavy atom. The Labute approximate surface area is 161 Å². The van der Waals surface area contributed by atoms with E-state index < -0.39 is 11.8 Å². The number of anilines is 1. The number of benzene rings is 1. The molecule has 0 aliphatic carbocycles. The number of ether oxygens (including phenoxy) is 1. The summed E-state index contributed by atoms with van der Waals surface area (Å²) in [5.74, 6) is -0.719. The molecule has 2 heterocycles. The lowest BCUT2D eigenvalue weighted by Gasteiger charge is -2.32. The fraction of sp³-hybridized carbons (Fsp3) is 0.211. The molecular formula is C19H16N3O2S2-. The molecule has 3 rings (SSSR count). The zero-order valence-corrected chi connectivity index (χ0v) is 15.9. The molecule has 7 heteroatoms. The minimum atomic E-state index is -0.611. The highest BCUT2D eigenvalue weighted by atomic mass is 32.1. The van der Waals surface area contributed by atoms with E-state index >= 15 is 0 Å². The van der Waals surface area contributed by atoms with Gasteiger partial charge in [-0.15, -0.1) is 11.3 Å². The number of methoxy groups -OCH3 is 1. The smallest absolute Gasteiger partial charge is 0.234 e. The number of nitrogens with zero attached hydrogens (tertiary/aromatic N) is 2. The standard InChI is InChI=1S/C19H17N3O2S2/c1-11-16(18(23)22-13-6-3-4-7-14(13)24-2)17(15-8-5-9-26-15)12(10-20)19(25)21-11/h3-9,16-17,25H,1-2H3,(H,22,23)/p-1/t16?,17-/m0/s1. The van der Waals surface area contributed by atoms with Crippen LogP contribution >= 0.6 is 11.3 Å². The summed E-state index contributed by atoms with van der Waals surface area (Å²) in [5, 5.41) is 14.7. The topological polar surface area (TPSA) is 74.5 Å². The number of para-hydroxylation sites is 2. The minimum absolute atomic E-state index is 0.246. The number of hydrogen-bond donors (Lipinski definition) is 1. The second-order valence-electron chi connectivity index (χ2n) is 5.74. The van der Waals surface area contributed by atoms with Crippen molar-refractivity contribution in [3.63, 3.8) is 0 Å². The molecular weight excluding hydrogens is 366 g/mol. The second-order valence-corrected chi connectivity index (χ2v) is 7.11. The van der Waals surface area contributed by atoms with Gasteiger partial charge in [0.1, 0.15) is 5.75 Å². The van der Waals surface area contributed by atoms with E-state index in [0.29, 0.717) is 22.7 Å². The van der Waals surface area contributed by atoms with E-state index in [4.69, 9.17) is 17.4 Å². The number of allylic oxidation sites excluding steroid dienone is 1. The van der Waals surface area contributed by atoms with E-state index in [9.17, 15) is 10.1 Å². The number of carbonyl (C=O) groups excluding carboxylic acids is 1. The van der Waals surface area contributed by atoms with Gasteiger partial charge in [-0.25, -0.2) is 0 Å². The van der Waals surface area contributed by atoms with Crippen LogP contribution in [-0.2, 0) is 17.4 Å². The van der Waals surface area contributed by atoms with Crippen LogP contribution in [0.4, 0.5) is 5.69 Å². The van der Waals surface area contributed by atoms with E-state index in [1.54, 1.807) is 26.2 Å². The van der Waals surface area contributed by atoms with Crippen LogP contribution in [0.15, 0.2) is 57.4 Å². The first-order valence-corrected chi connectivity index (χ1v) is 9.19. The molecule has 1 N–H and O–H groups in total. The maximum Gasteiger partial charge on any atom is 0.234 e. The van der Waals surface area contributed by atoms with Crippen LogP contribution < -0.4 is 10.1 Å². The lowest BCUT2D eigenvalue weighted by Crippen LogP contribution is -2.36. The summed E-state index contributed by atoms with van der Waals surface area (Å²) < 4.78 is 5.30. The average Bonchev–Trinajstić information content (AvgIpc) is 3.15. The van der Waals surface area contributed by atoms with Gasteiger partial charge in [0.2, 0.25) is 5.91 Å². The van der Waals surface area contributed by atoms with Crippen molar-refractivity contribution in [2.45, 2.75) is 12.8 Å². The molecule has 26 heavy (non-hydrogen) atoms. The largest absolute Gasteiger partial charge is 0.759 e. The fourth-order valence-corrected chi connectivity index (χ4v) is 4.21. The zero-order chi connectivity index (χ0) is 18.7. The van der Waals surface area contributed by atoms with Gasteiger partial charge >= 0.3 is 0 Å². The molecule has 1 aromatic carbocycles. The number of hydrogen-bond acceptors (Lipinski definition) is 6. The predicted octanol–water partition coefficient (Wildman–Crippen LogP) is 3.85. The summed E-state index contributed by atoms with van der Waals surface area (Å²) >= 11 is 6.77. The average molecular weight is 382 g/mol. The van der Waals surface area contributed by atoms with Crippen LogP contribution in [0.5, 0.6) is 5.75 Å². The molecule has 1 unspecified atom stereocenters. The normalized spacial score (nSPS) is 19.5. The molecule has 0 saturated heterocycles. The van der Waals surface area contributed by atoms with Crippen LogP contribution in [0.25, 0.3) is 0 Å². The van der Waals surface area contributed by atoms with Crippen molar-refractivity contribution in [3.05, 3.63) is 57.3 Å². The molecule has 1 aromatic heterocycles. The SMILES string of the molecule is COc1ccccc1NC(=O)C1C(C)=NC([S-])=C(C#N)[C@H]1c1cccs1. The van der Waals surface area contributed by atoms with E-state index in [-0.39, 0.29) is 10.9 Å². The van der Waals surface area contributed by atoms with Crippen LogP contribution in [0, 0.1) is 17.2 Å². The molecule has 1 aliphatic rings. The molecule has 0 bridgehead atoms. The molecule has 0 fully saturated rings. The van der Waals surface area contributed by atoms with Gasteiger partial charge in [-0.05, 0) is 30.5 Å². The van der Waals surface area contributed by atoms with Gasteiger partial charge in [0.15, 0.2) is 0 Å². The summed E-state index contributed by atoms with van der Waals surface area (Å²) in [7, 11) is 1.55. The maximum atomic E-state index is 13.1. The summed E-state index contributed by atoms with van der Waals surface area (Å²) in [6, 6.07) is 13.2. The summed E-state index contributed by atoms with van der Waals surface area (Å²) in [5.41, 5.74) is 1.53. The van der Waals surface area contributed by atoms with Crippen molar-refractivity contribution in [3.8, 4) is 11.8 Å². The first-order valence-electron chi connectivity index (χ1n) is 7.90. The lowest BCUT2D eigenvalue weighted by atomic mass is 9.80. The highest BCUT2D eigenvalue weighted by Gasteiger charge is 2.38. The van der Waals surface area contributed by atoms with Gasteiger partial charge < -0.3 is 22.7 Å². The highest BCUT2D eigenvalue weighted by molar-refractivity contribution is 7.63. The van der Waals surface area contributed by atoms with Crippen LogP contribution in [0.2, 0.25) is 0 Å². The number of thiophene rings is 1. The molecule has 0 saturated carbocycles. The van der Waals surface area contributed by atoms with E-state index in [1.807, 2.05) is 29.6 Å². The Bertz CT molecular complexity index is 927. The van der Waals surface area contributed by atoms with Crippen molar-refractivity contribution < 1.29 is 9.53 Å². The maximum absolute atomic E-state index is 13.1. The Morgan fingerprint density at radius 1 is 1.35 bits per heavy atom.